The smallest absolute Gasteiger partial charge is 0.0842 e. The summed E-state index contributed by atoms with van der Waals surface area (Å²) in [7, 11) is 0. The second kappa shape index (κ2) is 8.75. The average molecular weight is 172 g/mol. The van der Waals surface area contributed by atoms with Gasteiger partial charge in [-0.05, 0) is 27.2 Å². The lowest BCUT2D eigenvalue weighted by Gasteiger charge is -2.14. The van der Waals surface area contributed by atoms with Crippen LogP contribution in [0.3, 0.4) is 0 Å². The fourth-order valence-electron chi connectivity index (χ4n) is 0.957. The van der Waals surface area contributed by atoms with Crippen LogP contribution in [0.1, 0.15) is 27.2 Å². The molecule has 0 aromatic rings. The highest BCUT2D eigenvalue weighted by Crippen LogP contribution is 2.00. The van der Waals surface area contributed by atoms with Gasteiger partial charge in [-0.3, -0.25) is 0 Å². The summed E-state index contributed by atoms with van der Waals surface area (Å²) in [5.41, 5.74) is 0. The molecule has 0 rings (SSSR count). The third-order valence-electron chi connectivity index (χ3n) is 1.54. The van der Waals surface area contributed by atoms with Crippen LogP contribution in [0.2, 0.25) is 0 Å². The third kappa shape index (κ3) is 6.38. The maximum Gasteiger partial charge on any atom is 0.0842 e. The zero-order valence-electron chi connectivity index (χ0n) is 8.38. The van der Waals surface area contributed by atoms with Gasteiger partial charge in [-0.25, -0.2) is 0 Å². The van der Waals surface area contributed by atoms with Crippen molar-refractivity contribution >= 4 is 0 Å². The monoisotopic (exact) mass is 172 g/mol. The van der Waals surface area contributed by atoms with Gasteiger partial charge in [-0.1, -0.05) is 12.2 Å². The van der Waals surface area contributed by atoms with Crippen molar-refractivity contribution in [1.82, 2.24) is 0 Å². The Morgan fingerprint density at radius 1 is 1.25 bits per heavy atom. The van der Waals surface area contributed by atoms with E-state index in [0.717, 1.165) is 19.6 Å². The first-order chi connectivity index (χ1) is 5.85. The van der Waals surface area contributed by atoms with Crippen molar-refractivity contribution in [3.05, 3.63) is 12.2 Å². The van der Waals surface area contributed by atoms with Crippen LogP contribution >= 0.6 is 0 Å². The Morgan fingerprint density at radius 3 is 2.50 bits per heavy atom. The summed E-state index contributed by atoms with van der Waals surface area (Å²) in [5.74, 6) is 0. The molecule has 0 saturated carbocycles. The molecule has 0 spiro atoms. The molecule has 2 nitrogen and oxygen atoms in total. The first kappa shape index (κ1) is 11.7. The molecule has 0 saturated heterocycles. The number of allylic oxidation sites excluding steroid dienone is 1. The van der Waals surface area contributed by atoms with Crippen molar-refractivity contribution in [2.75, 3.05) is 19.8 Å². The first-order valence-corrected chi connectivity index (χ1v) is 4.65. The molecule has 0 heterocycles. The second-order valence-corrected chi connectivity index (χ2v) is 2.54. The SMILES string of the molecule is CC=CCC(COCC)OCC. The summed E-state index contributed by atoms with van der Waals surface area (Å²) in [6.45, 7) is 8.25. The van der Waals surface area contributed by atoms with E-state index in [9.17, 15) is 0 Å². The summed E-state index contributed by atoms with van der Waals surface area (Å²) in [6, 6.07) is 0. The Labute approximate surface area is 75.6 Å². The van der Waals surface area contributed by atoms with Gasteiger partial charge in [0.25, 0.3) is 0 Å². The molecule has 1 atom stereocenters. The molecular weight excluding hydrogens is 152 g/mol. The van der Waals surface area contributed by atoms with E-state index in [1.807, 2.05) is 26.8 Å². The molecule has 0 aromatic carbocycles. The lowest BCUT2D eigenvalue weighted by molar-refractivity contribution is -0.00632. The first-order valence-electron chi connectivity index (χ1n) is 4.65. The van der Waals surface area contributed by atoms with Crippen molar-refractivity contribution in [2.24, 2.45) is 0 Å². The maximum absolute atomic E-state index is 5.47. The van der Waals surface area contributed by atoms with Gasteiger partial charge in [0.05, 0.1) is 12.7 Å². The van der Waals surface area contributed by atoms with Gasteiger partial charge in [0.15, 0.2) is 0 Å². The van der Waals surface area contributed by atoms with E-state index >= 15 is 0 Å². The summed E-state index contributed by atoms with van der Waals surface area (Å²) >= 11 is 0. The molecule has 2 heteroatoms. The van der Waals surface area contributed by atoms with Gasteiger partial charge in [0.2, 0.25) is 0 Å². The Balaban J connectivity index is 3.53. The lowest BCUT2D eigenvalue weighted by atomic mass is 10.2. The van der Waals surface area contributed by atoms with Crippen molar-refractivity contribution < 1.29 is 9.47 Å². The van der Waals surface area contributed by atoms with Crippen LogP contribution < -0.4 is 0 Å². The maximum atomic E-state index is 5.47. The normalized spacial score (nSPS) is 13.9. The molecule has 0 bridgehead atoms. The minimum Gasteiger partial charge on any atom is -0.379 e. The van der Waals surface area contributed by atoms with Crippen molar-refractivity contribution in [3.8, 4) is 0 Å². The Hall–Kier alpha value is -0.340. The average Bonchev–Trinajstić information content (AvgIpc) is 2.10. The molecule has 0 N–H and O–H groups in total. The zero-order chi connectivity index (χ0) is 9.23. The Morgan fingerprint density at radius 2 is 2.00 bits per heavy atom. The molecule has 0 amide bonds. The fourth-order valence-corrected chi connectivity index (χ4v) is 0.957. The highest BCUT2D eigenvalue weighted by Gasteiger charge is 2.04. The van der Waals surface area contributed by atoms with E-state index in [4.69, 9.17) is 9.47 Å². The third-order valence-corrected chi connectivity index (χ3v) is 1.54. The molecule has 0 aliphatic carbocycles. The largest absolute Gasteiger partial charge is 0.379 e. The fraction of sp³-hybridized carbons (Fsp3) is 0.800. The minimum absolute atomic E-state index is 0.228. The Kier molecular flexibility index (Phi) is 8.51. The molecule has 0 fully saturated rings. The molecule has 1 unspecified atom stereocenters. The number of hydrogen-bond donors (Lipinski definition) is 0. The summed E-state index contributed by atoms with van der Waals surface area (Å²) in [4.78, 5) is 0. The van der Waals surface area contributed by atoms with E-state index in [2.05, 4.69) is 6.08 Å². The van der Waals surface area contributed by atoms with Crippen molar-refractivity contribution in [3.63, 3.8) is 0 Å². The van der Waals surface area contributed by atoms with Gasteiger partial charge in [-0.15, -0.1) is 0 Å². The van der Waals surface area contributed by atoms with Crippen LogP contribution in [0.5, 0.6) is 0 Å². The molecule has 0 aliphatic rings. The minimum atomic E-state index is 0.228. The van der Waals surface area contributed by atoms with E-state index in [0.29, 0.717) is 6.61 Å². The molecule has 12 heavy (non-hydrogen) atoms. The van der Waals surface area contributed by atoms with Crippen molar-refractivity contribution in [1.29, 1.82) is 0 Å². The second-order valence-electron chi connectivity index (χ2n) is 2.54. The zero-order valence-corrected chi connectivity index (χ0v) is 8.38. The van der Waals surface area contributed by atoms with E-state index in [1.54, 1.807) is 0 Å². The molecule has 0 radical (unpaired) electrons. The van der Waals surface area contributed by atoms with Gasteiger partial charge in [-0.2, -0.15) is 0 Å². The van der Waals surface area contributed by atoms with Gasteiger partial charge in [0.1, 0.15) is 0 Å². The predicted molar refractivity (Wildman–Crippen MR) is 51.3 cm³/mol. The van der Waals surface area contributed by atoms with Crippen LogP contribution in [-0.4, -0.2) is 25.9 Å². The summed E-state index contributed by atoms with van der Waals surface area (Å²) in [5, 5.41) is 0. The lowest BCUT2D eigenvalue weighted by Crippen LogP contribution is -2.19. The van der Waals surface area contributed by atoms with Crippen LogP contribution in [-0.2, 0) is 9.47 Å². The van der Waals surface area contributed by atoms with Gasteiger partial charge < -0.3 is 9.47 Å². The van der Waals surface area contributed by atoms with Gasteiger partial charge in [0, 0.05) is 13.2 Å². The topological polar surface area (TPSA) is 18.5 Å². The highest BCUT2D eigenvalue weighted by atomic mass is 16.5. The molecular formula is C10H20O2. The van der Waals surface area contributed by atoms with E-state index < -0.39 is 0 Å². The summed E-state index contributed by atoms with van der Waals surface area (Å²) < 4.78 is 10.8. The number of ether oxygens (including phenoxy) is 2. The van der Waals surface area contributed by atoms with Crippen molar-refractivity contribution in [2.45, 2.75) is 33.3 Å². The summed E-state index contributed by atoms with van der Waals surface area (Å²) in [6.07, 6.45) is 5.33. The number of rotatable bonds is 7. The predicted octanol–water partition coefficient (Wildman–Crippen LogP) is 2.39. The quantitative estimate of drug-likeness (QED) is 0.549. The standard InChI is InChI=1S/C10H20O2/c1-4-7-8-10(12-6-3)9-11-5-2/h4,7,10H,5-6,8-9H2,1-3H3. The Bertz CT molecular complexity index is 110. The van der Waals surface area contributed by atoms with Gasteiger partial charge >= 0.3 is 0 Å². The number of hydrogen-bond acceptors (Lipinski definition) is 2. The van der Waals surface area contributed by atoms with Crippen LogP contribution in [0, 0.1) is 0 Å². The van der Waals surface area contributed by atoms with Crippen LogP contribution in [0.25, 0.3) is 0 Å². The molecule has 0 aliphatic heterocycles. The van der Waals surface area contributed by atoms with Crippen LogP contribution in [0.15, 0.2) is 12.2 Å². The molecule has 72 valence electrons. The highest BCUT2D eigenvalue weighted by molar-refractivity contribution is 4.80. The van der Waals surface area contributed by atoms with Crippen LogP contribution in [0.4, 0.5) is 0 Å². The van der Waals surface area contributed by atoms with E-state index in [-0.39, 0.29) is 6.10 Å². The molecule has 0 aromatic heterocycles. The van der Waals surface area contributed by atoms with E-state index in [1.165, 1.54) is 0 Å².